The molecule has 0 saturated heterocycles. The first-order valence-electron chi connectivity index (χ1n) is 3.82. The first-order chi connectivity index (χ1) is 5.88. The molecule has 0 bridgehead atoms. The third kappa shape index (κ3) is 1.30. The van der Waals surface area contributed by atoms with Gasteiger partial charge >= 0.3 is 0 Å². The summed E-state index contributed by atoms with van der Waals surface area (Å²) in [5.74, 6) is 0. The highest BCUT2D eigenvalue weighted by atomic mass is 35.5. The van der Waals surface area contributed by atoms with Crippen molar-refractivity contribution in [2.75, 3.05) is 6.54 Å². The Balaban J connectivity index is 2.31. The summed E-state index contributed by atoms with van der Waals surface area (Å²) < 4.78 is 0. The van der Waals surface area contributed by atoms with Gasteiger partial charge in [0.25, 0.3) is 0 Å². The van der Waals surface area contributed by atoms with E-state index in [4.69, 9.17) is 11.6 Å². The van der Waals surface area contributed by atoms with Crippen LogP contribution in [0, 0.1) is 0 Å². The van der Waals surface area contributed by atoms with E-state index in [0.717, 1.165) is 11.3 Å². The molecule has 2 nitrogen and oxygen atoms in total. The van der Waals surface area contributed by atoms with Gasteiger partial charge in [-0.3, -0.25) is 0 Å². The zero-order valence-corrected chi connectivity index (χ0v) is 7.20. The van der Waals surface area contributed by atoms with E-state index in [1.54, 1.807) is 0 Å². The van der Waals surface area contributed by atoms with Gasteiger partial charge in [-0.05, 0) is 5.56 Å². The summed E-state index contributed by atoms with van der Waals surface area (Å²) >= 11 is 5.99. The smallest absolute Gasteiger partial charge is 0.0994 e. The van der Waals surface area contributed by atoms with Gasteiger partial charge in [-0.15, -0.1) is 11.6 Å². The van der Waals surface area contributed by atoms with E-state index in [1.165, 1.54) is 0 Å². The van der Waals surface area contributed by atoms with Crippen LogP contribution in [0.25, 0.3) is 0 Å². The zero-order valence-electron chi connectivity index (χ0n) is 6.44. The number of rotatable bonds is 1. The highest BCUT2D eigenvalue weighted by Crippen LogP contribution is 2.13. The molecule has 3 heteroatoms. The van der Waals surface area contributed by atoms with Crippen molar-refractivity contribution in [3.05, 3.63) is 35.9 Å². The second kappa shape index (κ2) is 3.15. The topological polar surface area (TPSA) is 26.5 Å². The van der Waals surface area contributed by atoms with Crippen LogP contribution in [0.3, 0.4) is 0 Å². The van der Waals surface area contributed by atoms with E-state index in [9.17, 15) is 0 Å². The fourth-order valence-electron chi connectivity index (χ4n) is 1.19. The van der Waals surface area contributed by atoms with Crippen LogP contribution in [0.5, 0.6) is 0 Å². The highest BCUT2D eigenvalue weighted by molar-refractivity contribution is 6.35. The van der Waals surface area contributed by atoms with Crippen LogP contribution in [-0.2, 0) is 0 Å². The summed E-state index contributed by atoms with van der Waals surface area (Å²) in [6.07, 6.45) is 0. The predicted octanol–water partition coefficient (Wildman–Crippen LogP) is 1.62. The second-order valence-electron chi connectivity index (χ2n) is 2.64. The first kappa shape index (κ1) is 7.62. The van der Waals surface area contributed by atoms with Crippen LogP contribution in [-0.4, -0.2) is 17.6 Å². The van der Waals surface area contributed by atoms with Crippen LogP contribution in [0.2, 0.25) is 0 Å². The summed E-state index contributed by atoms with van der Waals surface area (Å²) in [5, 5.41) is 3.95. The van der Waals surface area contributed by atoms with Crippen molar-refractivity contribution in [3.8, 4) is 0 Å². The summed E-state index contributed by atoms with van der Waals surface area (Å²) in [7, 11) is 0. The van der Waals surface area contributed by atoms with Gasteiger partial charge in [0.05, 0.1) is 17.6 Å². The molecular formula is C9H8ClN2. The maximum absolute atomic E-state index is 5.99. The van der Waals surface area contributed by atoms with E-state index in [2.05, 4.69) is 10.5 Å². The number of hydrogen-bond donors (Lipinski definition) is 0. The average Bonchev–Trinajstić information content (AvgIpc) is 2.53. The van der Waals surface area contributed by atoms with Crippen molar-refractivity contribution in [3.63, 3.8) is 0 Å². The lowest BCUT2D eigenvalue weighted by atomic mass is 10.1. The van der Waals surface area contributed by atoms with Crippen LogP contribution in [0.4, 0.5) is 0 Å². The minimum absolute atomic E-state index is 0.0487. The van der Waals surface area contributed by atoms with E-state index in [0.29, 0.717) is 6.54 Å². The van der Waals surface area contributed by atoms with Crippen LogP contribution < -0.4 is 5.43 Å². The number of alkyl halides is 1. The summed E-state index contributed by atoms with van der Waals surface area (Å²) in [4.78, 5) is 0. The minimum atomic E-state index is -0.0487. The number of nitrogens with zero attached hydrogens (tertiary/aromatic N) is 2. The largest absolute Gasteiger partial charge is 0.187 e. The van der Waals surface area contributed by atoms with Gasteiger partial charge in [0, 0.05) is 0 Å². The monoisotopic (exact) mass is 179 g/mol. The van der Waals surface area contributed by atoms with Crippen LogP contribution in [0.15, 0.2) is 35.4 Å². The minimum Gasteiger partial charge on any atom is -0.187 e. The zero-order chi connectivity index (χ0) is 8.39. The molecule has 1 atom stereocenters. The second-order valence-corrected chi connectivity index (χ2v) is 3.17. The van der Waals surface area contributed by atoms with E-state index in [-0.39, 0.29) is 5.38 Å². The van der Waals surface area contributed by atoms with Crippen molar-refractivity contribution in [1.82, 2.24) is 5.43 Å². The van der Waals surface area contributed by atoms with E-state index >= 15 is 0 Å². The SMILES string of the molecule is ClC1C[N]N=C1c1ccccc1. The van der Waals surface area contributed by atoms with Gasteiger partial charge in [-0.2, -0.15) is 10.5 Å². The average molecular weight is 180 g/mol. The molecule has 1 aliphatic heterocycles. The molecule has 1 radical (unpaired) electrons. The molecule has 0 aliphatic carbocycles. The van der Waals surface area contributed by atoms with Crippen LogP contribution >= 0.6 is 11.6 Å². The Kier molecular flexibility index (Phi) is 2.00. The Bertz CT molecular complexity index is 295. The highest BCUT2D eigenvalue weighted by Gasteiger charge is 2.20. The van der Waals surface area contributed by atoms with Gasteiger partial charge < -0.3 is 0 Å². The molecule has 1 aromatic carbocycles. The van der Waals surface area contributed by atoms with Crippen molar-refractivity contribution in [1.29, 1.82) is 0 Å². The molecule has 0 saturated carbocycles. The van der Waals surface area contributed by atoms with Gasteiger partial charge in [-0.1, -0.05) is 30.3 Å². The van der Waals surface area contributed by atoms with Crippen molar-refractivity contribution < 1.29 is 0 Å². The van der Waals surface area contributed by atoms with Gasteiger partial charge in [0.1, 0.15) is 0 Å². The number of benzene rings is 1. The fourth-order valence-corrected chi connectivity index (χ4v) is 1.42. The lowest BCUT2D eigenvalue weighted by molar-refractivity contribution is 0.797. The molecule has 1 aromatic rings. The maximum Gasteiger partial charge on any atom is 0.0994 e. The fraction of sp³-hybridized carbons (Fsp3) is 0.222. The molecule has 1 unspecified atom stereocenters. The maximum atomic E-state index is 5.99. The lowest BCUT2D eigenvalue weighted by Gasteiger charge is -2.01. The lowest BCUT2D eigenvalue weighted by Crippen LogP contribution is -2.14. The number of halogens is 1. The van der Waals surface area contributed by atoms with Crippen LogP contribution in [0.1, 0.15) is 5.56 Å². The summed E-state index contributed by atoms with van der Waals surface area (Å²) in [6, 6.07) is 9.91. The Morgan fingerprint density at radius 3 is 2.58 bits per heavy atom. The molecule has 1 aliphatic rings. The quantitative estimate of drug-likeness (QED) is 0.586. The molecule has 12 heavy (non-hydrogen) atoms. The van der Waals surface area contributed by atoms with Gasteiger partial charge in [-0.25, -0.2) is 0 Å². The standard InChI is InChI=1S/C9H8ClN2/c10-8-6-11-12-9(8)7-4-2-1-3-5-7/h1-5,8H,6H2. The van der Waals surface area contributed by atoms with Crippen molar-refractivity contribution in [2.45, 2.75) is 5.38 Å². The van der Waals surface area contributed by atoms with E-state index in [1.807, 2.05) is 30.3 Å². The molecule has 0 N–H and O–H groups in total. The molecule has 0 amide bonds. The molecule has 61 valence electrons. The van der Waals surface area contributed by atoms with Crippen molar-refractivity contribution in [2.24, 2.45) is 5.10 Å². The summed E-state index contributed by atoms with van der Waals surface area (Å²) in [6.45, 7) is 0.603. The third-order valence-electron chi connectivity index (χ3n) is 1.79. The van der Waals surface area contributed by atoms with Gasteiger partial charge in [0.2, 0.25) is 0 Å². The Morgan fingerprint density at radius 1 is 1.25 bits per heavy atom. The van der Waals surface area contributed by atoms with Gasteiger partial charge in [0.15, 0.2) is 0 Å². The molecular weight excluding hydrogens is 172 g/mol. The predicted molar refractivity (Wildman–Crippen MR) is 49.6 cm³/mol. The molecule has 0 fully saturated rings. The number of hydrogen-bond acceptors (Lipinski definition) is 1. The Labute approximate surface area is 76.2 Å². The Hall–Kier alpha value is -1.02. The van der Waals surface area contributed by atoms with Crippen molar-refractivity contribution >= 4 is 17.3 Å². The first-order valence-corrected chi connectivity index (χ1v) is 4.25. The molecule has 1 heterocycles. The summed E-state index contributed by atoms with van der Waals surface area (Å²) in [5.41, 5.74) is 5.83. The van der Waals surface area contributed by atoms with E-state index < -0.39 is 0 Å². The molecule has 0 aromatic heterocycles. The third-order valence-corrected chi connectivity index (χ3v) is 2.13. The molecule has 0 spiro atoms. The Morgan fingerprint density at radius 2 is 2.00 bits per heavy atom. The molecule has 2 rings (SSSR count). The normalized spacial score (nSPS) is 21.8.